The maximum Gasteiger partial charge on any atom is 0.209 e. The van der Waals surface area contributed by atoms with E-state index in [2.05, 4.69) is 15.2 Å². The largest absolute Gasteiger partial charge is 0.229 e. The molecular formula is C13H21N5O2S. The van der Waals surface area contributed by atoms with Crippen LogP contribution in [0, 0.1) is 12.3 Å². The highest BCUT2D eigenvalue weighted by atomic mass is 32.2. The Kier molecular flexibility index (Phi) is 4.29. The van der Waals surface area contributed by atoms with E-state index in [4.69, 9.17) is 5.14 Å². The predicted molar refractivity (Wildman–Crippen MR) is 80.2 cm³/mol. The Labute approximate surface area is 124 Å². The topological polar surface area (TPSA) is 103 Å². The number of sulfonamides is 1. The Hall–Kier alpha value is -1.54. The number of aromatic nitrogens is 4. The molecule has 8 heteroatoms. The van der Waals surface area contributed by atoms with Gasteiger partial charge >= 0.3 is 0 Å². The molecule has 0 radical (unpaired) electrons. The van der Waals surface area contributed by atoms with E-state index in [1.807, 2.05) is 26.8 Å². The maximum atomic E-state index is 11.1. The van der Waals surface area contributed by atoms with Crippen molar-refractivity contribution in [2.75, 3.05) is 5.75 Å². The molecule has 21 heavy (non-hydrogen) atoms. The van der Waals surface area contributed by atoms with Crippen LogP contribution in [0.2, 0.25) is 0 Å². The number of nitrogens with two attached hydrogens (primary N) is 1. The first-order chi connectivity index (χ1) is 9.66. The van der Waals surface area contributed by atoms with E-state index in [0.29, 0.717) is 6.42 Å². The van der Waals surface area contributed by atoms with Crippen LogP contribution in [-0.4, -0.2) is 34.0 Å². The van der Waals surface area contributed by atoms with Gasteiger partial charge in [-0.25, -0.2) is 18.5 Å². The average molecular weight is 311 g/mol. The van der Waals surface area contributed by atoms with Crippen molar-refractivity contribution in [1.29, 1.82) is 0 Å². The van der Waals surface area contributed by atoms with Crippen molar-refractivity contribution >= 4 is 15.7 Å². The summed E-state index contributed by atoms with van der Waals surface area (Å²) >= 11 is 0. The highest BCUT2D eigenvalue weighted by Crippen LogP contribution is 2.27. The lowest BCUT2D eigenvalue weighted by molar-refractivity contribution is 0.321. The SMILES string of the molecule is Cc1cc2ncnn2nc1CCC(C)(C)CCS(N)(=O)=O. The van der Waals surface area contributed by atoms with Crippen LogP contribution in [0.5, 0.6) is 0 Å². The first-order valence-electron chi connectivity index (χ1n) is 6.83. The third kappa shape index (κ3) is 4.47. The first-order valence-corrected chi connectivity index (χ1v) is 8.55. The monoisotopic (exact) mass is 311 g/mol. The van der Waals surface area contributed by atoms with E-state index in [-0.39, 0.29) is 11.2 Å². The minimum absolute atomic E-state index is 0.00845. The number of hydrogen-bond donors (Lipinski definition) is 1. The summed E-state index contributed by atoms with van der Waals surface area (Å²) in [5, 5.41) is 13.5. The number of hydrogen-bond acceptors (Lipinski definition) is 5. The molecule has 2 heterocycles. The van der Waals surface area contributed by atoms with Gasteiger partial charge < -0.3 is 0 Å². The summed E-state index contributed by atoms with van der Waals surface area (Å²) in [6.45, 7) is 6.08. The first kappa shape index (κ1) is 15.8. The van der Waals surface area contributed by atoms with E-state index in [1.54, 1.807) is 0 Å². The molecule has 2 N–H and O–H groups in total. The van der Waals surface area contributed by atoms with Crippen molar-refractivity contribution in [3.63, 3.8) is 0 Å². The standard InChI is InChI=1S/C13H21N5O2S/c1-10-8-12-15-9-16-18(12)17-11(10)4-5-13(2,3)6-7-21(14,19)20/h8-9H,4-7H2,1-3H3,(H2,14,19,20). The van der Waals surface area contributed by atoms with Crippen molar-refractivity contribution < 1.29 is 8.42 Å². The van der Waals surface area contributed by atoms with Gasteiger partial charge in [-0.3, -0.25) is 0 Å². The average Bonchev–Trinajstić information content (AvgIpc) is 2.80. The molecule has 0 saturated carbocycles. The molecule has 7 nitrogen and oxygen atoms in total. The third-order valence-electron chi connectivity index (χ3n) is 3.67. The summed E-state index contributed by atoms with van der Waals surface area (Å²) in [5.74, 6) is 0.00845. The number of nitrogens with zero attached hydrogens (tertiary/aromatic N) is 4. The van der Waals surface area contributed by atoms with E-state index >= 15 is 0 Å². The van der Waals surface area contributed by atoms with Gasteiger partial charge in [-0.05, 0) is 43.2 Å². The van der Waals surface area contributed by atoms with Gasteiger partial charge in [0.1, 0.15) is 6.33 Å². The molecule has 0 unspecified atom stereocenters. The highest BCUT2D eigenvalue weighted by Gasteiger charge is 2.21. The van der Waals surface area contributed by atoms with Crippen molar-refractivity contribution in [3.8, 4) is 0 Å². The predicted octanol–water partition coefficient (Wildman–Crippen LogP) is 1.07. The van der Waals surface area contributed by atoms with Gasteiger partial charge in [-0.15, -0.1) is 9.73 Å². The second-order valence-electron chi connectivity index (χ2n) is 6.16. The normalized spacial score (nSPS) is 13.0. The summed E-state index contributed by atoms with van der Waals surface area (Å²) in [4.78, 5) is 4.09. The Morgan fingerprint density at radius 3 is 2.71 bits per heavy atom. The van der Waals surface area contributed by atoms with E-state index in [9.17, 15) is 8.42 Å². The fraction of sp³-hybridized carbons (Fsp3) is 0.615. The number of rotatable bonds is 6. The molecule has 0 aromatic carbocycles. The molecule has 2 aromatic rings. The van der Waals surface area contributed by atoms with E-state index in [0.717, 1.165) is 29.7 Å². The second kappa shape index (κ2) is 5.69. The molecule has 2 aromatic heterocycles. The minimum atomic E-state index is -3.41. The zero-order valence-corrected chi connectivity index (χ0v) is 13.4. The van der Waals surface area contributed by atoms with Gasteiger partial charge in [-0.1, -0.05) is 13.8 Å². The van der Waals surface area contributed by atoms with Gasteiger partial charge in [0.2, 0.25) is 10.0 Å². The summed E-state index contributed by atoms with van der Waals surface area (Å²) in [7, 11) is -3.41. The van der Waals surface area contributed by atoms with E-state index < -0.39 is 10.0 Å². The molecule has 0 aliphatic rings. The molecular weight excluding hydrogens is 290 g/mol. The Morgan fingerprint density at radius 2 is 2.05 bits per heavy atom. The molecule has 0 aliphatic carbocycles. The Bertz CT molecular complexity index is 736. The van der Waals surface area contributed by atoms with Gasteiger partial charge in [0.15, 0.2) is 5.65 Å². The Balaban J connectivity index is 2.04. The minimum Gasteiger partial charge on any atom is -0.229 e. The van der Waals surface area contributed by atoms with Gasteiger partial charge in [0, 0.05) is 0 Å². The molecule has 0 aliphatic heterocycles. The van der Waals surface area contributed by atoms with Crippen LogP contribution >= 0.6 is 0 Å². The molecule has 0 amide bonds. The van der Waals surface area contributed by atoms with Gasteiger partial charge in [0.05, 0.1) is 11.4 Å². The molecule has 2 rings (SSSR count). The second-order valence-corrected chi connectivity index (χ2v) is 7.90. The van der Waals surface area contributed by atoms with Crippen LogP contribution in [0.1, 0.15) is 37.9 Å². The number of primary sulfonamides is 1. The summed E-state index contributed by atoms with van der Waals surface area (Å²) in [6.07, 6.45) is 3.61. The van der Waals surface area contributed by atoms with Crippen molar-refractivity contribution in [2.24, 2.45) is 10.6 Å². The lowest BCUT2D eigenvalue weighted by Gasteiger charge is -2.24. The van der Waals surface area contributed by atoms with Crippen LogP contribution in [0.3, 0.4) is 0 Å². The van der Waals surface area contributed by atoms with Crippen LogP contribution < -0.4 is 5.14 Å². The smallest absolute Gasteiger partial charge is 0.209 e. The van der Waals surface area contributed by atoms with Crippen LogP contribution in [0.25, 0.3) is 5.65 Å². The van der Waals surface area contributed by atoms with Gasteiger partial charge in [0.25, 0.3) is 0 Å². The Morgan fingerprint density at radius 1 is 1.33 bits per heavy atom. The molecule has 0 spiro atoms. The lowest BCUT2D eigenvalue weighted by atomic mass is 9.84. The number of aryl methyl sites for hydroxylation is 2. The molecule has 0 atom stereocenters. The molecule has 116 valence electrons. The highest BCUT2D eigenvalue weighted by molar-refractivity contribution is 7.89. The van der Waals surface area contributed by atoms with Crippen molar-refractivity contribution in [2.45, 2.75) is 40.0 Å². The van der Waals surface area contributed by atoms with Crippen LogP contribution in [-0.2, 0) is 16.4 Å². The van der Waals surface area contributed by atoms with E-state index in [1.165, 1.54) is 11.0 Å². The van der Waals surface area contributed by atoms with Crippen LogP contribution in [0.15, 0.2) is 12.4 Å². The van der Waals surface area contributed by atoms with Crippen LogP contribution in [0.4, 0.5) is 0 Å². The third-order valence-corrected chi connectivity index (χ3v) is 4.45. The summed E-state index contributed by atoms with van der Waals surface area (Å²) in [5.41, 5.74) is 2.64. The summed E-state index contributed by atoms with van der Waals surface area (Å²) in [6, 6.07) is 1.95. The van der Waals surface area contributed by atoms with Crippen molar-refractivity contribution in [3.05, 3.63) is 23.7 Å². The lowest BCUT2D eigenvalue weighted by Crippen LogP contribution is -2.23. The fourth-order valence-electron chi connectivity index (χ4n) is 2.13. The summed E-state index contributed by atoms with van der Waals surface area (Å²) < 4.78 is 23.7. The zero-order valence-electron chi connectivity index (χ0n) is 12.6. The quantitative estimate of drug-likeness (QED) is 0.859. The fourth-order valence-corrected chi connectivity index (χ4v) is 2.97. The molecule has 0 saturated heterocycles. The molecule has 0 fully saturated rings. The zero-order chi connectivity index (χ0) is 15.7. The molecule has 0 bridgehead atoms. The van der Waals surface area contributed by atoms with Crippen molar-refractivity contribution in [1.82, 2.24) is 19.8 Å². The number of fused-ring (bicyclic) bond motifs is 1. The van der Waals surface area contributed by atoms with Gasteiger partial charge in [-0.2, -0.15) is 5.10 Å². The maximum absolute atomic E-state index is 11.1.